The van der Waals surface area contributed by atoms with E-state index in [0.717, 1.165) is 12.8 Å². The van der Waals surface area contributed by atoms with Crippen LogP contribution in [0, 0.1) is 0 Å². The third-order valence-corrected chi connectivity index (χ3v) is 2.26. The van der Waals surface area contributed by atoms with Crippen molar-refractivity contribution in [1.82, 2.24) is 9.97 Å². The molecular weight excluding hydrogens is 220 g/mol. The van der Waals surface area contributed by atoms with E-state index in [2.05, 4.69) is 15.3 Å². The van der Waals surface area contributed by atoms with E-state index < -0.39 is 5.60 Å². The van der Waals surface area contributed by atoms with Gasteiger partial charge >= 0.3 is 0 Å². The maximum Gasteiger partial charge on any atom is 0.133 e. The zero-order valence-corrected chi connectivity index (χ0v) is 10.3. The highest BCUT2D eigenvalue weighted by molar-refractivity contribution is 5.44. The molecule has 0 aliphatic carbocycles. The van der Waals surface area contributed by atoms with Gasteiger partial charge in [0.2, 0.25) is 0 Å². The molecule has 1 atom stereocenters. The lowest BCUT2D eigenvalue weighted by Gasteiger charge is -2.21. The van der Waals surface area contributed by atoms with Crippen LogP contribution in [0.2, 0.25) is 0 Å². The van der Waals surface area contributed by atoms with Crippen LogP contribution in [0.25, 0.3) is 0 Å². The first-order chi connectivity index (χ1) is 7.96. The average molecular weight is 240 g/mol. The highest BCUT2D eigenvalue weighted by Gasteiger charge is 2.18. The minimum atomic E-state index is -1.18. The molecule has 96 valence electrons. The first-order valence-electron chi connectivity index (χ1n) is 5.67. The minimum Gasteiger partial charge on any atom is -0.393 e. The van der Waals surface area contributed by atoms with Crippen LogP contribution < -0.4 is 11.1 Å². The van der Waals surface area contributed by atoms with Crippen molar-refractivity contribution < 1.29 is 10.2 Å². The van der Waals surface area contributed by atoms with Crippen molar-refractivity contribution in [3.63, 3.8) is 0 Å². The predicted octanol–water partition coefficient (Wildman–Crippen LogP) is 0.166. The summed E-state index contributed by atoms with van der Waals surface area (Å²) in [6, 6.07) is 1.60. The topological polar surface area (TPSA) is 104 Å². The molecule has 0 amide bonds. The van der Waals surface area contributed by atoms with Crippen LogP contribution in [0.15, 0.2) is 6.07 Å². The highest BCUT2D eigenvalue weighted by atomic mass is 16.3. The Kier molecular flexibility index (Phi) is 4.65. The molecule has 0 radical (unpaired) electrons. The number of nitrogens with one attached hydrogen (secondary N) is 1. The quantitative estimate of drug-likeness (QED) is 0.565. The number of hydrogen-bond donors (Lipinski definition) is 4. The van der Waals surface area contributed by atoms with Crippen LogP contribution >= 0.6 is 0 Å². The van der Waals surface area contributed by atoms with Gasteiger partial charge in [-0.2, -0.15) is 0 Å². The zero-order chi connectivity index (χ0) is 12.9. The first kappa shape index (κ1) is 13.7. The number of hydrogen-bond acceptors (Lipinski definition) is 6. The standard InChI is InChI=1S/C11H20N4O2/c1-3-4-9-14-8(12)5-10(15-9)13-6-11(2,17)7-16/h5,16-17H,3-4,6-7H2,1-2H3,(H3,12,13,14,15). The van der Waals surface area contributed by atoms with Gasteiger partial charge in [-0.1, -0.05) is 6.92 Å². The maximum atomic E-state index is 9.64. The van der Waals surface area contributed by atoms with E-state index in [-0.39, 0.29) is 13.2 Å². The van der Waals surface area contributed by atoms with Crippen molar-refractivity contribution in [2.75, 3.05) is 24.2 Å². The Morgan fingerprint density at radius 3 is 2.76 bits per heavy atom. The number of nitrogens with zero attached hydrogens (tertiary/aromatic N) is 2. The molecule has 1 rings (SSSR count). The average Bonchev–Trinajstić information content (AvgIpc) is 2.26. The number of nitrogen functional groups attached to an aromatic ring is 1. The minimum absolute atomic E-state index is 0.200. The summed E-state index contributed by atoms with van der Waals surface area (Å²) in [5, 5.41) is 21.5. The van der Waals surface area contributed by atoms with Crippen LogP contribution in [-0.4, -0.2) is 38.9 Å². The first-order valence-corrected chi connectivity index (χ1v) is 5.67. The Hall–Kier alpha value is -1.40. The van der Waals surface area contributed by atoms with Gasteiger partial charge in [0.05, 0.1) is 6.61 Å². The van der Waals surface area contributed by atoms with Crippen molar-refractivity contribution in [2.24, 2.45) is 0 Å². The molecule has 0 saturated heterocycles. The molecular formula is C11H20N4O2. The fourth-order valence-corrected chi connectivity index (χ4v) is 1.28. The van der Waals surface area contributed by atoms with E-state index in [4.69, 9.17) is 10.8 Å². The molecule has 6 nitrogen and oxygen atoms in total. The molecule has 0 saturated carbocycles. The predicted molar refractivity (Wildman–Crippen MR) is 66.6 cm³/mol. The van der Waals surface area contributed by atoms with E-state index in [0.29, 0.717) is 17.5 Å². The van der Waals surface area contributed by atoms with Crippen molar-refractivity contribution in [2.45, 2.75) is 32.3 Å². The lowest BCUT2D eigenvalue weighted by molar-refractivity contribution is 0.0131. The molecule has 6 heteroatoms. The maximum absolute atomic E-state index is 9.64. The normalized spacial score (nSPS) is 14.4. The van der Waals surface area contributed by atoms with Crippen molar-refractivity contribution in [3.05, 3.63) is 11.9 Å². The number of aromatic nitrogens is 2. The smallest absolute Gasteiger partial charge is 0.133 e. The monoisotopic (exact) mass is 240 g/mol. The fourth-order valence-electron chi connectivity index (χ4n) is 1.28. The van der Waals surface area contributed by atoms with Gasteiger partial charge < -0.3 is 21.3 Å². The molecule has 17 heavy (non-hydrogen) atoms. The number of nitrogens with two attached hydrogens (primary N) is 1. The van der Waals surface area contributed by atoms with Crippen molar-refractivity contribution >= 4 is 11.6 Å². The molecule has 1 unspecified atom stereocenters. The largest absolute Gasteiger partial charge is 0.393 e. The SMILES string of the molecule is CCCc1nc(N)cc(NCC(C)(O)CO)n1. The van der Waals surface area contributed by atoms with E-state index in [1.807, 2.05) is 6.92 Å². The van der Waals surface area contributed by atoms with Crippen LogP contribution in [0.4, 0.5) is 11.6 Å². The summed E-state index contributed by atoms with van der Waals surface area (Å²) in [5.41, 5.74) is 4.48. The van der Waals surface area contributed by atoms with Gasteiger partial charge in [0.25, 0.3) is 0 Å². The second-order valence-corrected chi connectivity index (χ2v) is 4.35. The Balaban J connectivity index is 2.70. The molecule has 0 fully saturated rings. The Bertz CT molecular complexity index is 368. The van der Waals surface area contributed by atoms with Gasteiger partial charge in [-0.05, 0) is 13.3 Å². The Morgan fingerprint density at radius 2 is 2.18 bits per heavy atom. The number of aliphatic hydroxyl groups is 2. The molecule has 0 aliphatic rings. The molecule has 0 aromatic carbocycles. The number of rotatable bonds is 6. The van der Waals surface area contributed by atoms with E-state index in [1.54, 1.807) is 6.07 Å². The summed E-state index contributed by atoms with van der Waals surface area (Å²) in [4.78, 5) is 8.37. The summed E-state index contributed by atoms with van der Waals surface area (Å²) in [5.74, 6) is 1.64. The highest BCUT2D eigenvalue weighted by Crippen LogP contribution is 2.11. The molecule has 1 heterocycles. The second kappa shape index (κ2) is 5.79. The summed E-state index contributed by atoms with van der Waals surface area (Å²) in [6.45, 7) is 3.46. The lowest BCUT2D eigenvalue weighted by Crippen LogP contribution is -2.37. The van der Waals surface area contributed by atoms with Crippen molar-refractivity contribution in [3.8, 4) is 0 Å². The van der Waals surface area contributed by atoms with E-state index in [1.165, 1.54) is 6.92 Å². The summed E-state index contributed by atoms with van der Waals surface area (Å²) in [6.07, 6.45) is 1.70. The molecule has 1 aromatic heterocycles. The van der Waals surface area contributed by atoms with Gasteiger partial charge in [-0.3, -0.25) is 0 Å². The van der Waals surface area contributed by atoms with Gasteiger partial charge in [0, 0.05) is 19.0 Å². The van der Waals surface area contributed by atoms with Gasteiger partial charge in [-0.25, -0.2) is 9.97 Å². The molecule has 0 aliphatic heterocycles. The molecule has 1 aromatic rings. The van der Waals surface area contributed by atoms with Crippen LogP contribution in [-0.2, 0) is 6.42 Å². The molecule has 0 bridgehead atoms. The third-order valence-electron chi connectivity index (χ3n) is 2.26. The van der Waals surface area contributed by atoms with Crippen LogP contribution in [0.1, 0.15) is 26.1 Å². The van der Waals surface area contributed by atoms with Crippen LogP contribution in [0.5, 0.6) is 0 Å². The summed E-state index contributed by atoms with van der Waals surface area (Å²) < 4.78 is 0. The van der Waals surface area contributed by atoms with Crippen LogP contribution in [0.3, 0.4) is 0 Å². The molecule has 5 N–H and O–H groups in total. The zero-order valence-electron chi connectivity index (χ0n) is 10.3. The third kappa shape index (κ3) is 4.54. The van der Waals surface area contributed by atoms with E-state index >= 15 is 0 Å². The lowest BCUT2D eigenvalue weighted by atomic mass is 10.1. The van der Waals surface area contributed by atoms with E-state index in [9.17, 15) is 5.11 Å². The Morgan fingerprint density at radius 1 is 1.47 bits per heavy atom. The summed E-state index contributed by atoms with van der Waals surface area (Å²) >= 11 is 0. The number of anilines is 2. The van der Waals surface area contributed by atoms with Gasteiger partial charge in [0.15, 0.2) is 0 Å². The number of aliphatic hydroxyl groups excluding tert-OH is 1. The Labute approximate surface area is 101 Å². The number of aryl methyl sites for hydroxylation is 1. The fraction of sp³-hybridized carbons (Fsp3) is 0.636. The summed E-state index contributed by atoms with van der Waals surface area (Å²) in [7, 11) is 0. The molecule has 0 spiro atoms. The van der Waals surface area contributed by atoms with Gasteiger partial charge in [0.1, 0.15) is 23.1 Å². The van der Waals surface area contributed by atoms with Crippen molar-refractivity contribution in [1.29, 1.82) is 0 Å². The second-order valence-electron chi connectivity index (χ2n) is 4.35. The van der Waals surface area contributed by atoms with Gasteiger partial charge in [-0.15, -0.1) is 0 Å².